The van der Waals surface area contributed by atoms with E-state index in [1.54, 1.807) is 25.7 Å². The van der Waals surface area contributed by atoms with Crippen LogP contribution < -0.4 is 0 Å². The van der Waals surface area contributed by atoms with Gasteiger partial charge in [-0.1, -0.05) is 0 Å². The van der Waals surface area contributed by atoms with Crippen molar-refractivity contribution >= 4 is 15.9 Å². The van der Waals surface area contributed by atoms with Crippen LogP contribution in [0.5, 0.6) is 0 Å². The molecule has 9 heteroatoms. The van der Waals surface area contributed by atoms with Gasteiger partial charge >= 0.3 is 6.09 Å². The molecular formula is C14H26N2O6S. The molecule has 0 aromatic carbocycles. The first-order valence-electron chi connectivity index (χ1n) is 7.75. The molecule has 0 spiro atoms. The van der Waals surface area contributed by atoms with Gasteiger partial charge in [0.15, 0.2) is 9.84 Å². The van der Waals surface area contributed by atoms with Crippen LogP contribution in [0.15, 0.2) is 0 Å². The molecule has 2 rings (SSSR count). The zero-order valence-corrected chi connectivity index (χ0v) is 14.6. The first kappa shape index (κ1) is 18.4. The fourth-order valence-corrected chi connectivity index (χ4v) is 4.82. The zero-order chi connectivity index (χ0) is 17.4. The molecule has 0 saturated carbocycles. The van der Waals surface area contributed by atoms with E-state index in [0.717, 1.165) is 0 Å². The first-order chi connectivity index (χ1) is 10.5. The highest BCUT2D eigenvalue weighted by Crippen LogP contribution is 2.25. The average molecular weight is 350 g/mol. The Labute approximate surface area is 136 Å². The van der Waals surface area contributed by atoms with Crippen molar-refractivity contribution in [2.75, 3.05) is 37.7 Å². The monoisotopic (exact) mass is 350 g/mol. The second kappa shape index (κ2) is 6.54. The van der Waals surface area contributed by atoms with E-state index in [-0.39, 0.29) is 30.7 Å². The molecule has 2 heterocycles. The third-order valence-electron chi connectivity index (χ3n) is 4.06. The summed E-state index contributed by atoms with van der Waals surface area (Å²) in [6, 6.07) is -0.611. The van der Waals surface area contributed by atoms with Gasteiger partial charge in [-0.25, -0.2) is 13.2 Å². The summed E-state index contributed by atoms with van der Waals surface area (Å²) in [5.41, 5.74) is -0.567. The number of sulfone groups is 1. The van der Waals surface area contributed by atoms with Crippen LogP contribution in [0.3, 0.4) is 0 Å². The molecular weight excluding hydrogens is 324 g/mol. The molecule has 0 radical (unpaired) electrons. The van der Waals surface area contributed by atoms with Crippen molar-refractivity contribution in [2.45, 2.75) is 44.6 Å². The van der Waals surface area contributed by atoms with E-state index in [9.17, 15) is 23.4 Å². The highest BCUT2D eigenvalue weighted by atomic mass is 32.2. The van der Waals surface area contributed by atoms with Crippen molar-refractivity contribution in [1.82, 2.24) is 9.80 Å². The van der Waals surface area contributed by atoms with Crippen LogP contribution >= 0.6 is 0 Å². The summed E-state index contributed by atoms with van der Waals surface area (Å²) in [5, 5.41) is 19.2. The lowest BCUT2D eigenvalue weighted by Gasteiger charge is -2.47. The lowest BCUT2D eigenvalue weighted by molar-refractivity contribution is -0.0392. The average Bonchev–Trinajstić information content (AvgIpc) is 2.57. The standard InChI is InChI=1S/C14H26N2O6S/c1-14(2,3)22-13(19)15-6-10(7-15)16(4-5-17)11-8-23(20,21)9-12(11)18/h10-12,17-18H,4-9H2,1-3H3/t11-,12-/m1/s1. The summed E-state index contributed by atoms with van der Waals surface area (Å²) in [4.78, 5) is 15.3. The van der Waals surface area contributed by atoms with Gasteiger partial charge in [-0.3, -0.25) is 4.90 Å². The minimum absolute atomic E-state index is 0.0809. The molecule has 2 aliphatic heterocycles. The summed E-state index contributed by atoms with van der Waals surface area (Å²) < 4.78 is 28.7. The van der Waals surface area contributed by atoms with Gasteiger partial charge in [0.2, 0.25) is 0 Å². The van der Waals surface area contributed by atoms with Crippen LogP contribution in [-0.2, 0) is 14.6 Å². The number of aliphatic hydroxyl groups is 2. The number of nitrogens with zero attached hydrogens (tertiary/aromatic N) is 2. The number of ether oxygens (including phenoxy) is 1. The van der Waals surface area contributed by atoms with E-state index in [0.29, 0.717) is 13.1 Å². The maximum atomic E-state index is 11.9. The third-order valence-corrected chi connectivity index (χ3v) is 5.76. The maximum absolute atomic E-state index is 11.9. The molecule has 0 unspecified atom stereocenters. The van der Waals surface area contributed by atoms with Gasteiger partial charge in [-0.15, -0.1) is 0 Å². The summed E-state index contributed by atoms with van der Waals surface area (Å²) in [7, 11) is -3.26. The van der Waals surface area contributed by atoms with E-state index >= 15 is 0 Å². The molecule has 1 amide bonds. The van der Waals surface area contributed by atoms with Crippen LogP contribution in [0.25, 0.3) is 0 Å². The summed E-state index contributed by atoms with van der Waals surface area (Å²) in [5.74, 6) is -0.362. The second-order valence-electron chi connectivity index (χ2n) is 7.21. The molecule has 2 fully saturated rings. The number of hydrogen-bond acceptors (Lipinski definition) is 7. The quantitative estimate of drug-likeness (QED) is 0.674. The minimum Gasteiger partial charge on any atom is -0.444 e. The lowest BCUT2D eigenvalue weighted by Crippen LogP contribution is -2.65. The summed E-state index contributed by atoms with van der Waals surface area (Å²) in [6.07, 6.45) is -1.36. The van der Waals surface area contributed by atoms with Gasteiger partial charge in [0.05, 0.1) is 30.3 Å². The highest BCUT2D eigenvalue weighted by Gasteiger charge is 2.46. The van der Waals surface area contributed by atoms with Crippen molar-refractivity contribution < 1.29 is 28.2 Å². The predicted molar refractivity (Wildman–Crippen MR) is 83.8 cm³/mol. The molecule has 2 atom stereocenters. The molecule has 2 saturated heterocycles. The fourth-order valence-electron chi connectivity index (χ4n) is 3.00. The molecule has 0 aliphatic carbocycles. The van der Waals surface area contributed by atoms with E-state index < -0.39 is 33.7 Å². The first-order valence-corrected chi connectivity index (χ1v) is 9.57. The fraction of sp³-hybridized carbons (Fsp3) is 0.929. The smallest absolute Gasteiger partial charge is 0.410 e. The molecule has 2 N–H and O–H groups in total. The molecule has 23 heavy (non-hydrogen) atoms. The number of amides is 1. The molecule has 8 nitrogen and oxygen atoms in total. The number of aliphatic hydroxyl groups excluding tert-OH is 2. The van der Waals surface area contributed by atoms with Crippen molar-refractivity contribution in [3.63, 3.8) is 0 Å². The Kier molecular flexibility index (Phi) is 5.24. The minimum atomic E-state index is -3.26. The van der Waals surface area contributed by atoms with Crippen LogP contribution in [0.2, 0.25) is 0 Å². The Bertz CT molecular complexity index is 538. The van der Waals surface area contributed by atoms with E-state index in [1.807, 2.05) is 0 Å². The van der Waals surface area contributed by atoms with Gasteiger partial charge in [-0.05, 0) is 20.8 Å². The Balaban J connectivity index is 1.96. The second-order valence-corrected chi connectivity index (χ2v) is 9.37. The SMILES string of the molecule is CC(C)(C)OC(=O)N1CC(N(CCO)[C@@H]2CS(=O)(=O)C[C@H]2O)C1. The Morgan fingerprint density at radius 3 is 2.35 bits per heavy atom. The predicted octanol–water partition coefficient (Wildman–Crippen LogP) is -0.942. The molecule has 0 bridgehead atoms. The normalized spacial score (nSPS) is 28.0. The van der Waals surface area contributed by atoms with E-state index in [1.165, 1.54) is 4.90 Å². The van der Waals surface area contributed by atoms with E-state index in [2.05, 4.69) is 0 Å². The van der Waals surface area contributed by atoms with Crippen LogP contribution in [-0.4, -0.2) is 96.1 Å². The Morgan fingerprint density at radius 2 is 1.91 bits per heavy atom. The topological polar surface area (TPSA) is 107 Å². The van der Waals surface area contributed by atoms with Gasteiger partial charge in [0.1, 0.15) is 5.60 Å². The van der Waals surface area contributed by atoms with Crippen molar-refractivity contribution in [1.29, 1.82) is 0 Å². The van der Waals surface area contributed by atoms with Gasteiger partial charge in [0.25, 0.3) is 0 Å². The van der Waals surface area contributed by atoms with Crippen LogP contribution in [0.4, 0.5) is 4.79 Å². The largest absolute Gasteiger partial charge is 0.444 e. The van der Waals surface area contributed by atoms with Crippen LogP contribution in [0.1, 0.15) is 20.8 Å². The van der Waals surface area contributed by atoms with E-state index in [4.69, 9.17) is 4.74 Å². The molecule has 0 aromatic heterocycles. The third kappa shape index (κ3) is 4.56. The summed E-state index contributed by atoms with van der Waals surface area (Å²) in [6.45, 7) is 6.31. The van der Waals surface area contributed by atoms with Crippen molar-refractivity contribution in [2.24, 2.45) is 0 Å². The molecule has 134 valence electrons. The van der Waals surface area contributed by atoms with Crippen LogP contribution in [0, 0.1) is 0 Å². The number of likely N-dealkylation sites (tertiary alicyclic amines) is 1. The highest BCUT2D eigenvalue weighted by molar-refractivity contribution is 7.91. The zero-order valence-electron chi connectivity index (χ0n) is 13.8. The van der Waals surface area contributed by atoms with Crippen molar-refractivity contribution in [3.05, 3.63) is 0 Å². The number of rotatable bonds is 4. The number of carbonyl (C=O) groups excluding carboxylic acids is 1. The summed E-state index contributed by atoms with van der Waals surface area (Å²) >= 11 is 0. The maximum Gasteiger partial charge on any atom is 0.410 e. The lowest BCUT2D eigenvalue weighted by atomic mass is 10.0. The Hall–Kier alpha value is -0.900. The van der Waals surface area contributed by atoms with Gasteiger partial charge in [-0.2, -0.15) is 0 Å². The van der Waals surface area contributed by atoms with Crippen molar-refractivity contribution in [3.8, 4) is 0 Å². The number of carbonyl (C=O) groups is 1. The van der Waals surface area contributed by atoms with Gasteiger partial charge < -0.3 is 19.8 Å². The number of hydrogen-bond donors (Lipinski definition) is 2. The molecule has 2 aliphatic rings. The Morgan fingerprint density at radius 1 is 1.30 bits per heavy atom. The molecule has 0 aromatic rings. The van der Waals surface area contributed by atoms with Gasteiger partial charge in [0, 0.05) is 25.7 Å².